The van der Waals surface area contributed by atoms with Crippen LogP contribution in [0.4, 0.5) is 0 Å². The van der Waals surface area contributed by atoms with E-state index in [1.54, 1.807) is 11.3 Å². The van der Waals surface area contributed by atoms with Gasteiger partial charge < -0.3 is 4.90 Å². The average molecular weight is 224 g/mol. The van der Waals surface area contributed by atoms with Crippen molar-refractivity contribution in [3.05, 3.63) is 22.4 Å². The Labute approximate surface area is 96.4 Å². The number of nitrogens with one attached hydrogen (secondary N) is 1. The predicted molar refractivity (Wildman–Crippen MR) is 67.6 cm³/mol. The molecule has 84 valence electrons. The Morgan fingerprint density at radius 2 is 2.27 bits per heavy atom. The van der Waals surface area contributed by atoms with Crippen molar-refractivity contribution >= 4 is 17.2 Å². The van der Waals surface area contributed by atoms with Gasteiger partial charge in [-0.3, -0.25) is 5.41 Å². The first kappa shape index (κ1) is 12.2. The van der Waals surface area contributed by atoms with E-state index in [0.717, 1.165) is 25.2 Å². The molecule has 1 aromatic rings. The summed E-state index contributed by atoms with van der Waals surface area (Å²) in [6.07, 6.45) is 1.93. The van der Waals surface area contributed by atoms with Crippen molar-refractivity contribution in [1.82, 2.24) is 4.90 Å². The summed E-state index contributed by atoms with van der Waals surface area (Å²) in [5.74, 6) is 0.765. The zero-order valence-corrected chi connectivity index (χ0v) is 10.6. The van der Waals surface area contributed by atoms with Gasteiger partial charge in [0, 0.05) is 17.3 Å². The second-order valence-electron chi connectivity index (χ2n) is 4.00. The predicted octanol–water partition coefficient (Wildman–Crippen LogP) is 3.74. The minimum absolute atomic E-state index is 0.408. The van der Waals surface area contributed by atoms with Gasteiger partial charge in [-0.25, -0.2) is 0 Å². The van der Waals surface area contributed by atoms with Crippen molar-refractivity contribution in [3.8, 4) is 0 Å². The van der Waals surface area contributed by atoms with E-state index in [2.05, 4.69) is 43.2 Å². The topological polar surface area (TPSA) is 27.1 Å². The number of hydrogen-bond donors (Lipinski definition) is 1. The number of hydrogen-bond acceptors (Lipinski definition) is 2. The fourth-order valence-corrected chi connectivity index (χ4v) is 2.24. The van der Waals surface area contributed by atoms with Gasteiger partial charge in [0.05, 0.1) is 12.4 Å². The molecule has 1 heterocycles. The maximum Gasteiger partial charge on any atom is 0.0963 e. The first-order valence-electron chi connectivity index (χ1n) is 5.51. The Balaban J connectivity index is 2.62. The van der Waals surface area contributed by atoms with Gasteiger partial charge in [0.2, 0.25) is 0 Å². The third kappa shape index (κ3) is 3.67. The largest absolute Gasteiger partial charge is 0.353 e. The van der Waals surface area contributed by atoms with E-state index < -0.39 is 0 Å². The minimum Gasteiger partial charge on any atom is -0.353 e. The van der Waals surface area contributed by atoms with Crippen LogP contribution in [-0.2, 0) is 6.54 Å². The van der Waals surface area contributed by atoms with Crippen LogP contribution in [0.15, 0.2) is 17.5 Å². The number of nitrogens with zero attached hydrogens (tertiary/aromatic N) is 1. The van der Waals surface area contributed by atoms with E-state index in [9.17, 15) is 0 Å². The lowest BCUT2D eigenvalue weighted by atomic mass is 10.2. The van der Waals surface area contributed by atoms with Crippen LogP contribution in [0.3, 0.4) is 0 Å². The van der Waals surface area contributed by atoms with E-state index >= 15 is 0 Å². The monoisotopic (exact) mass is 224 g/mol. The lowest BCUT2D eigenvalue weighted by Crippen LogP contribution is -2.35. The highest BCUT2D eigenvalue weighted by atomic mass is 32.1. The van der Waals surface area contributed by atoms with Crippen LogP contribution in [-0.4, -0.2) is 16.8 Å². The molecule has 1 aromatic heterocycles. The molecule has 3 heteroatoms. The maximum atomic E-state index is 8.01. The van der Waals surface area contributed by atoms with Crippen molar-refractivity contribution in [2.45, 2.75) is 46.2 Å². The van der Waals surface area contributed by atoms with Crippen molar-refractivity contribution in [2.24, 2.45) is 0 Å². The molecule has 15 heavy (non-hydrogen) atoms. The second kappa shape index (κ2) is 5.91. The number of amidine groups is 1. The molecule has 0 bridgehead atoms. The summed E-state index contributed by atoms with van der Waals surface area (Å²) in [5.41, 5.74) is 0. The minimum atomic E-state index is 0.408. The van der Waals surface area contributed by atoms with Crippen molar-refractivity contribution in [3.63, 3.8) is 0 Å². The van der Waals surface area contributed by atoms with Gasteiger partial charge >= 0.3 is 0 Å². The third-order valence-corrected chi connectivity index (χ3v) is 3.22. The highest BCUT2D eigenvalue weighted by Crippen LogP contribution is 2.15. The summed E-state index contributed by atoms with van der Waals surface area (Å²) in [7, 11) is 0. The standard InChI is InChI=1S/C12H20N2S/c1-4-6-12(13)14(10(2)3)9-11-7-5-8-15-11/h5,7-8,10,13H,4,6,9H2,1-3H3. The Hall–Kier alpha value is -0.830. The molecule has 0 atom stereocenters. The van der Waals surface area contributed by atoms with Gasteiger partial charge in [-0.1, -0.05) is 13.0 Å². The smallest absolute Gasteiger partial charge is 0.0963 e. The van der Waals surface area contributed by atoms with Crippen LogP contribution in [0.2, 0.25) is 0 Å². The van der Waals surface area contributed by atoms with E-state index in [1.807, 2.05) is 0 Å². The van der Waals surface area contributed by atoms with E-state index in [1.165, 1.54) is 4.88 Å². The van der Waals surface area contributed by atoms with Gasteiger partial charge in [-0.2, -0.15) is 0 Å². The normalized spacial score (nSPS) is 10.7. The molecule has 0 aromatic carbocycles. The van der Waals surface area contributed by atoms with Crippen LogP contribution >= 0.6 is 11.3 Å². The molecule has 0 amide bonds. The summed E-state index contributed by atoms with van der Waals surface area (Å²) in [4.78, 5) is 3.51. The summed E-state index contributed by atoms with van der Waals surface area (Å²) < 4.78 is 0. The zero-order valence-electron chi connectivity index (χ0n) is 9.79. The Bertz CT molecular complexity index is 291. The number of thiophene rings is 1. The van der Waals surface area contributed by atoms with Gasteiger partial charge in [0.25, 0.3) is 0 Å². The Kier molecular flexibility index (Phi) is 4.82. The van der Waals surface area contributed by atoms with Crippen LogP contribution in [0.1, 0.15) is 38.5 Å². The highest BCUT2D eigenvalue weighted by Gasteiger charge is 2.13. The first-order valence-corrected chi connectivity index (χ1v) is 6.39. The molecule has 0 spiro atoms. The molecule has 0 fully saturated rings. The molecule has 2 nitrogen and oxygen atoms in total. The molecule has 1 rings (SSSR count). The third-order valence-electron chi connectivity index (χ3n) is 2.36. The summed E-state index contributed by atoms with van der Waals surface area (Å²) in [6, 6.07) is 4.62. The van der Waals surface area contributed by atoms with Crippen LogP contribution in [0, 0.1) is 5.41 Å². The SMILES string of the molecule is CCCC(=N)N(Cc1cccs1)C(C)C. The zero-order chi connectivity index (χ0) is 11.3. The Morgan fingerprint density at radius 1 is 1.53 bits per heavy atom. The summed E-state index contributed by atoms with van der Waals surface area (Å²) in [6.45, 7) is 7.31. The molecule has 0 aliphatic rings. The molecule has 0 saturated heterocycles. The molecular formula is C12H20N2S. The van der Waals surface area contributed by atoms with Gasteiger partial charge in [-0.05, 0) is 31.7 Å². The van der Waals surface area contributed by atoms with Crippen molar-refractivity contribution in [1.29, 1.82) is 5.41 Å². The maximum absolute atomic E-state index is 8.01. The average Bonchev–Trinajstić information content (AvgIpc) is 2.66. The molecular weight excluding hydrogens is 204 g/mol. The summed E-state index contributed by atoms with van der Waals surface area (Å²) in [5, 5.41) is 10.1. The molecule has 0 unspecified atom stereocenters. The lowest BCUT2D eigenvalue weighted by molar-refractivity contribution is 0.335. The van der Waals surface area contributed by atoms with Crippen LogP contribution in [0.25, 0.3) is 0 Å². The molecule has 0 radical (unpaired) electrons. The van der Waals surface area contributed by atoms with Crippen molar-refractivity contribution in [2.75, 3.05) is 0 Å². The molecule has 1 N–H and O–H groups in total. The van der Waals surface area contributed by atoms with Crippen LogP contribution in [0.5, 0.6) is 0 Å². The number of rotatable bonds is 5. The second-order valence-corrected chi connectivity index (χ2v) is 5.03. The molecule has 0 aliphatic carbocycles. The summed E-state index contributed by atoms with van der Waals surface area (Å²) >= 11 is 1.77. The molecule has 0 saturated carbocycles. The fraction of sp³-hybridized carbons (Fsp3) is 0.583. The van der Waals surface area contributed by atoms with Crippen molar-refractivity contribution < 1.29 is 0 Å². The van der Waals surface area contributed by atoms with E-state index in [4.69, 9.17) is 5.41 Å². The first-order chi connectivity index (χ1) is 7.15. The van der Waals surface area contributed by atoms with E-state index in [0.29, 0.717) is 6.04 Å². The van der Waals surface area contributed by atoms with Crippen LogP contribution < -0.4 is 0 Å². The highest BCUT2D eigenvalue weighted by molar-refractivity contribution is 7.09. The van der Waals surface area contributed by atoms with Gasteiger partial charge in [0.1, 0.15) is 0 Å². The van der Waals surface area contributed by atoms with Gasteiger partial charge in [0.15, 0.2) is 0 Å². The quantitative estimate of drug-likeness (QED) is 0.598. The Morgan fingerprint density at radius 3 is 2.73 bits per heavy atom. The van der Waals surface area contributed by atoms with E-state index in [-0.39, 0.29) is 0 Å². The molecule has 0 aliphatic heterocycles. The lowest BCUT2D eigenvalue weighted by Gasteiger charge is -2.28. The van der Waals surface area contributed by atoms with Gasteiger partial charge in [-0.15, -0.1) is 11.3 Å². The fourth-order valence-electron chi connectivity index (χ4n) is 1.54.